The van der Waals surface area contributed by atoms with Gasteiger partial charge < -0.3 is 15.4 Å². The van der Waals surface area contributed by atoms with Gasteiger partial charge in [0.15, 0.2) is 0 Å². The number of nitrogens with two attached hydrogens (primary N) is 1. The number of phenolic OH excluding ortho intramolecular Hbond substituents is 1. The number of phenols is 1. The van der Waals surface area contributed by atoms with E-state index in [0.29, 0.717) is 11.4 Å². The van der Waals surface area contributed by atoms with Gasteiger partial charge in [0.25, 0.3) is 5.56 Å². The van der Waals surface area contributed by atoms with Gasteiger partial charge in [-0.05, 0) is 18.2 Å². The number of aromatic nitrogens is 1. The van der Waals surface area contributed by atoms with Gasteiger partial charge in [-0.2, -0.15) is 0 Å². The summed E-state index contributed by atoms with van der Waals surface area (Å²) in [4.78, 5) is 11.5. The van der Waals surface area contributed by atoms with E-state index >= 15 is 0 Å². The van der Waals surface area contributed by atoms with Gasteiger partial charge in [0.2, 0.25) is 0 Å². The summed E-state index contributed by atoms with van der Waals surface area (Å²) in [6.45, 7) is 0. The van der Waals surface area contributed by atoms with Crippen LogP contribution in [0.5, 0.6) is 5.75 Å². The summed E-state index contributed by atoms with van der Waals surface area (Å²) >= 11 is 0. The van der Waals surface area contributed by atoms with Gasteiger partial charge in [-0.15, -0.1) is 0 Å². The summed E-state index contributed by atoms with van der Waals surface area (Å²) in [7, 11) is 1.67. The Morgan fingerprint density at radius 3 is 2.69 bits per heavy atom. The molecule has 0 radical (unpaired) electrons. The Morgan fingerprint density at radius 2 is 2.00 bits per heavy atom. The van der Waals surface area contributed by atoms with Gasteiger partial charge in [-0.25, -0.2) is 0 Å². The maximum absolute atomic E-state index is 11.5. The molecule has 0 saturated heterocycles. The standard InChI is InChI=1S/C12H12N2O2/c1-14-11(6-9(13)7-12(14)16)8-3-2-4-10(15)5-8/h2-7,15H,13H2,1H3. The van der Waals surface area contributed by atoms with Crippen molar-refractivity contribution in [2.75, 3.05) is 5.73 Å². The third-order valence-corrected chi connectivity index (χ3v) is 2.43. The maximum Gasteiger partial charge on any atom is 0.252 e. The van der Waals surface area contributed by atoms with Crippen molar-refractivity contribution in [2.45, 2.75) is 0 Å². The summed E-state index contributed by atoms with van der Waals surface area (Å²) < 4.78 is 1.49. The van der Waals surface area contributed by atoms with Gasteiger partial charge in [-0.1, -0.05) is 12.1 Å². The van der Waals surface area contributed by atoms with Crippen molar-refractivity contribution in [1.29, 1.82) is 0 Å². The van der Waals surface area contributed by atoms with E-state index in [1.54, 1.807) is 31.3 Å². The number of hydrogen-bond acceptors (Lipinski definition) is 3. The van der Waals surface area contributed by atoms with E-state index in [1.165, 1.54) is 10.6 Å². The van der Waals surface area contributed by atoms with Crippen LogP contribution >= 0.6 is 0 Å². The zero-order valence-corrected chi connectivity index (χ0v) is 8.84. The summed E-state index contributed by atoms with van der Waals surface area (Å²) in [6.07, 6.45) is 0. The average Bonchev–Trinajstić information content (AvgIpc) is 2.23. The van der Waals surface area contributed by atoms with E-state index in [4.69, 9.17) is 5.73 Å². The molecule has 0 fully saturated rings. The Balaban J connectivity index is 2.69. The highest BCUT2D eigenvalue weighted by Crippen LogP contribution is 2.22. The second-order valence-electron chi connectivity index (χ2n) is 3.62. The van der Waals surface area contributed by atoms with E-state index in [9.17, 15) is 9.90 Å². The molecule has 0 aliphatic heterocycles. The zero-order chi connectivity index (χ0) is 11.7. The van der Waals surface area contributed by atoms with Gasteiger partial charge in [0.1, 0.15) is 5.75 Å². The molecular weight excluding hydrogens is 204 g/mol. The number of aromatic hydroxyl groups is 1. The Kier molecular flexibility index (Phi) is 2.40. The number of nitrogen functional groups attached to an aromatic ring is 1. The minimum Gasteiger partial charge on any atom is -0.508 e. The van der Waals surface area contributed by atoms with Gasteiger partial charge >= 0.3 is 0 Å². The minimum atomic E-state index is -0.168. The molecule has 2 rings (SSSR count). The van der Waals surface area contributed by atoms with Crippen molar-refractivity contribution in [3.63, 3.8) is 0 Å². The number of hydrogen-bond donors (Lipinski definition) is 2. The molecule has 0 saturated carbocycles. The third kappa shape index (κ3) is 1.77. The lowest BCUT2D eigenvalue weighted by molar-refractivity contribution is 0.475. The number of rotatable bonds is 1. The molecule has 0 spiro atoms. The molecule has 1 aromatic heterocycles. The second kappa shape index (κ2) is 3.73. The maximum atomic E-state index is 11.5. The number of anilines is 1. The first-order chi connectivity index (χ1) is 7.58. The van der Waals surface area contributed by atoms with Crippen LogP contribution in [0.1, 0.15) is 0 Å². The Labute approximate surface area is 92.6 Å². The molecule has 2 aromatic rings. The molecule has 0 atom stereocenters. The van der Waals surface area contributed by atoms with Crippen LogP contribution < -0.4 is 11.3 Å². The van der Waals surface area contributed by atoms with Crippen molar-refractivity contribution >= 4 is 5.69 Å². The first-order valence-corrected chi connectivity index (χ1v) is 4.84. The van der Waals surface area contributed by atoms with Crippen LogP contribution in [0.2, 0.25) is 0 Å². The molecule has 3 N–H and O–H groups in total. The fraction of sp³-hybridized carbons (Fsp3) is 0.0833. The van der Waals surface area contributed by atoms with Gasteiger partial charge in [0, 0.05) is 24.4 Å². The van der Waals surface area contributed by atoms with Crippen molar-refractivity contribution < 1.29 is 5.11 Å². The van der Waals surface area contributed by atoms with Crippen LogP contribution in [0.4, 0.5) is 5.69 Å². The SMILES string of the molecule is Cn1c(-c2cccc(O)c2)cc(N)cc1=O. The van der Waals surface area contributed by atoms with Crippen LogP contribution in [-0.2, 0) is 7.05 Å². The van der Waals surface area contributed by atoms with Crippen LogP contribution in [0, 0.1) is 0 Å². The lowest BCUT2D eigenvalue weighted by Crippen LogP contribution is -2.17. The summed E-state index contributed by atoms with van der Waals surface area (Å²) in [5, 5.41) is 9.39. The molecule has 0 amide bonds. The third-order valence-electron chi connectivity index (χ3n) is 2.43. The molecule has 0 aliphatic carbocycles. The van der Waals surface area contributed by atoms with Crippen LogP contribution in [0.15, 0.2) is 41.2 Å². The average molecular weight is 216 g/mol. The molecule has 4 heteroatoms. The Morgan fingerprint density at radius 1 is 1.25 bits per heavy atom. The van der Waals surface area contributed by atoms with Crippen molar-refractivity contribution in [1.82, 2.24) is 4.57 Å². The lowest BCUT2D eigenvalue weighted by Gasteiger charge is -2.09. The summed E-state index contributed by atoms with van der Waals surface area (Å²) in [5.74, 6) is 0.160. The van der Waals surface area contributed by atoms with Crippen LogP contribution in [-0.4, -0.2) is 9.67 Å². The highest BCUT2D eigenvalue weighted by atomic mass is 16.3. The van der Waals surface area contributed by atoms with E-state index in [1.807, 2.05) is 6.07 Å². The first kappa shape index (κ1) is 10.3. The van der Waals surface area contributed by atoms with Crippen molar-refractivity contribution in [3.05, 3.63) is 46.8 Å². The predicted molar refractivity (Wildman–Crippen MR) is 63.2 cm³/mol. The van der Waals surface area contributed by atoms with Crippen LogP contribution in [0.3, 0.4) is 0 Å². The number of pyridine rings is 1. The lowest BCUT2D eigenvalue weighted by atomic mass is 10.1. The van der Waals surface area contributed by atoms with E-state index < -0.39 is 0 Å². The zero-order valence-electron chi connectivity index (χ0n) is 8.84. The van der Waals surface area contributed by atoms with Crippen molar-refractivity contribution in [2.24, 2.45) is 7.05 Å². The van der Waals surface area contributed by atoms with E-state index in [-0.39, 0.29) is 11.3 Å². The van der Waals surface area contributed by atoms with Crippen LogP contribution in [0.25, 0.3) is 11.3 Å². The Hall–Kier alpha value is -2.23. The summed E-state index contributed by atoms with van der Waals surface area (Å²) in [6, 6.07) is 9.77. The van der Waals surface area contributed by atoms with E-state index in [2.05, 4.69) is 0 Å². The minimum absolute atomic E-state index is 0.160. The summed E-state index contributed by atoms with van der Waals surface area (Å²) in [5.41, 5.74) is 7.32. The van der Waals surface area contributed by atoms with Gasteiger partial charge in [-0.3, -0.25) is 4.79 Å². The topological polar surface area (TPSA) is 68.2 Å². The first-order valence-electron chi connectivity index (χ1n) is 4.84. The highest BCUT2D eigenvalue weighted by Gasteiger charge is 2.05. The van der Waals surface area contributed by atoms with Gasteiger partial charge in [0.05, 0.1) is 5.69 Å². The molecule has 4 nitrogen and oxygen atoms in total. The molecule has 0 aliphatic rings. The van der Waals surface area contributed by atoms with Crippen molar-refractivity contribution in [3.8, 4) is 17.0 Å². The van der Waals surface area contributed by atoms with E-state index in [0.717, 1.165) is 5.56 Å². The molecule has 0 bridgehead atoms. The quantitative estimate of drug-likeness (QED) is 0.755. The fourth-order valence-corrected chi connectivity index (χ4v) is 1.60. The smallest absolute Gasteiger partial charge is 0.252 e. The fourth-order valence-electron chi connectivity index (χ4n) is 1.60. The molecular formula is C12H12N2O2. The second-order valence-corrected chi connectivity index (χ2v) is 3.62. The molecule has 82 valence electrons. The highest BCUT2D eigenvalue weighted by molar-refractivity contribution is 5.65. The molecule has 0 unspecified atom stereocenters. The largest absolute Gasteiger partial charge is 0.508 e. The predicted octanol–water partition coefficient (Wildman–Crippen LogP) is 1.34. The Bertz CT molecular complexity index is 588. The normalized spacial score (nSPS) is 10.3. The molecule has 1 aromatic carbocycles. The molecule has 1 heterocycles. The monoisotopic (exact) mass is 216 g/mol. The number of nitrogens with zero attached hydrogens (tertiary/aromatic N) is 1. The molecule has 16 heavy (non-hydrogen) atoms. The number of benzene rings is 1.